The van der Waals surface area contributed by atoms with Gasteiger partial charge in [-0.05, 0) is 12.1 Å². The molecule has 12 heteroatoms. The summed E-state index contributed by atoms with van der Waals surface area (Å²) < 4.78 is 47.4. The third-order valence-corrected chi connectivity index (χ3v) is 5.92. The number of hydrogen-bond acceptors (Lipinski definition) is 6. The number of alkyl halides is 3. The van der Waals surface area contributed by atoms with Gasteiger partial charge in [0.15, 0.2) is 11.6 Å². The minimum atomic E-state index is -2.90. The van der Waals surface area contributed by atoms with Crippen molar-refractivity contribution in [1.82, 2.24) is 25.3 Å². The van der Waals surface area contributed by atoms with E-state index in [0.717, 1.165) is 6.92 Å². The lowest BCUT2D eigenvalue weighted by atomic mass is 9.89. The molecule has 0 radical (unpaired) electrons. The number of halogens is 4. The molecule has 35 heavy (non-hydrogen) atoms. The van der Waals surface area contributed by atoms with Crippen LogP contribution in [-0.4, -0.2) is 51.5 Å². The van der Waals surface area contributed by atoms with E-state index in [2.05, 4.69) is 25.4 Å². The van der Waals surface area contributed by atoms with Crippen LogP contribution in [0.2, 0.25) is 5.02 Å². The summed E-state index contributed by atoms with van der Waals surface area (Å²) in [6.07, 6.45) is 4.46. The van der Waals surface area contributed by atoms with E-state index in [-0.39, 0.29) is 54.7 Å². The molecule has 2 aromatic heterocycles. The Kier molecular flexibility index (Phi) is 8.09. The molecular weight excluding hydrogens is 483 g/mol. The monoisotopic (exact) mass is 511 g/mol. The molecule has 2 aliphatic rings. The Bertz CT molecular complexity index is 1130. The van der Waals surface area contributed by atoms with Crippen molar-refractivity contribution < 1.29 is 17.7 Å². The number of nitrogens with zero attached hydrogens (tertiary/aromatic N) is 5. The van der Waals surface area contributed by atoms with Crippen molar-refractivity contribution in [1.29, 1.82) is 0 Å². The number of dihydropyridines is 1. The molecule has 4 heterocycles. The molecular formula is C23H29ClF3N7O. The van der Waals surface area contributed by atoms with Crippen molar-refractivity contribution in [3.05, 3.63) is 52.4 Å². The van der Waals surface area contributed by atoms with Gasteiger partial charge in [-0.25, -0.2) is 13.2 Å². The van der Waals surface area contributed by atoms with Crippen molar-refractivity contribution in [2.75, 3.05) is 19.6 Å². The molecule has 1 fully saturated rings. The largest absolute Gasteiger partial charge is 0.369 e. The van der Waals surface area contributed by atoms with Crippen molar-refractivity contribution in [3.8, 4) is 11.4 Å². The molecule has 0 atom stereocenters. The molecule has 0 amide bonds. The van der Waals surface area contributed by atoms with Gasteiger partial charge in [0.1, 0.15) is 5.82 Å². The number of aromatic nitrogens is 3. The van der Waals surface area contributed by atoms with Crippen LogP contribution >= 0.6 is 11.6 Å². The Balaban J connectivity index is 0.00000167. The molecule has 190 valence electrons. The number of piperidine rings is 1. The second-order valence-corrected chi connectivity index (χ2v) is 8.51. The van der Waals surface area contributed by atoms with E-state index in [0.29, 0.717) is 23.1 Å². The highest BCUT2D eigenvalue weighted by atomic mass is 35.5. The zero-order valence-electron chi connectivity index (χ0n) is 20.1. The molecule has 8 nitrogen and oxygen atoms in total. The summed E-state index contributed by atoms with van der Waals surface area (Å²) in [5.74, 6) is -1.62. The molecule has 0 aromatic carbocycles. The van der Waals surface area contributed by atoms with Crippen molar-refractivity contribution in [2.45, 2.75) is 52.1 Å². The number of likely N-dealkylation sites (tertiary alicyclic amines) is 1. The molecule has 2 aliphatic heterocycles. The highest BCUT2D eigenvalue weighted by Gasteiger charge is 2.40. The van der Waals surface area contributed by atoms with E-state index in [9.17, 15) is 8.78 Å². The van der Waals surface area contributed by atoms with Gasteiger partial charge in [0, 0.05) is 63.7 Å². The minimum absolute atomic E-state index is 0.0245. The molecule has 2 aromatic rings. The molecule has 0 unspecified atom stereocenters. The highest BCUT2D eigenvalue weighted by Crippen LogP contribution is 2.40. The van der Waals surface area contributed by atoms with Gasteiger partial charge in [0.05, 0.1) is 10.7 Å². The van der Waals surface area contributed by atoms with Gasteiger partial charge in [0.25, 0.3) is 5.92 Å². The first-order valence-corrected chi connectivity index (χ1v) is 11.7. The average Bonchev–Trinajstić information content (AvgIpc) is 3.26. The van der Waals surface area contributed by atoms with E-state index in [1.807, 2.05) is 13.8 Å². The van der Waals surface area contributed by atoms with Crippen LogP contribution in [0.1, 0.15) is 45.2 Å². The quantitative estimate of drug-likeness (QED) is 0.452. The van der Waals surface area contributed by atoms with Crippen molar-refractivity contribution >= 4 is 17.6 Å². The topological polar surface area (TPSA) is 105 Å². The first kappa shape index (κ1) is 26.5. The summed E-state index contributed by atoms with van der Waals surface area (Å²) in [6.45, 7) is 7.06. The number of aryl methyl sites for hydroxylation is 1. The van der Waals surface area contributed by atoms with Crippen LogP contribution in [0.15, 0.2) is 45.3 Å². The normalized spacial score (nSPS) is 18.2. The zero-order valence-corrected chi connectivity index (χ0v) is 20.8. The van der Waals surface area contributed by atoms with Crippen LogP contribution in [-0.2, 0) is 5.67 Å². The summed E-state index contributed by atoms with van der Waals surface area (Å²) in [4.78, 5) is 14.4. The predicted octanol–water partition coefficient (Wildman–Crippen LogP) is 4.72. The Labute approximate surface area is 207 Å². The van der Waals surface area contributed by atoms with Gasteiger partial charge in [-0.1, -0.05) is 36.7 Å². The fourth-order valence-electron chi connectivity index (χ4n) is 3.69. The summed E-state index contributed by atoms with van der Waals surface area (Å²) in [6, 6.07) is 1.57. The number of nitrogens with two attached hydrogens (primary N) is 1. The number of nitrogens with one attached hydrogen (secondary N) is 1. The summed E-state index contributed by atoms with van der Waals surface area (Å²) in [7, 11) is 0. The van der Waals surface area contributed by atoms with Gasteiger partial charge in [-0.2, -0.15) is 9.98 Å². The lowest BCUT2D eigenvalue weighted by Crippen LogP contribution is -2.47. The molecule has 0 aliphatic carbocycles. The minimum Gasteiger partial charge on any atom is -0.369 e. The highest BCUT2D eigenvalue weighted by molar-refractivity contribution is 6.31. The fraction of sp³-hybridized carbons (Fsp3) is 0.478. The maximum Gasteiger partial charge on any atom is 0.268 e. The maximum atomic E-state index is 15.7. The second kappa shape index (κ2) is 10.7. The van der Waals surface area contributed by atoms with Gasteiger partial charge in [0.2, 0.25) is 11.7 Å². The summed E-state index contributed by atoms with van der Waals surface area (Å²) in [5.41, 5.74) is 5.00. The van der Waals surface area contributed by atoms with E-state index in [1.165, 1.54) is 18.3 Å². The van der Waals surface area contributed by atoms with Crippen LogP contribution in [0, 0.1) is 6.92 Å². The van der Waals surface area contributed by atoms with Gasteiger partial charge in [-0.3, -0.25) is 4.98 Å². The van der Waals surface area contributed by atoms with E-state index in [1.54, 1.807) is 17.9 Å². The van der Waals surface area contributed by atoms with E-state index in [4.69, 9.17) is 21.9 Å². The number of pyridine rings is 1. The van der Waals surface area contributed by atoms with Crippen LogP contribution in [0.5, 0.6) is 0 Å². The predicted molar refractivity (Wildman–Crippen MR) is 129 cm³/mol. The summed E-state index contributed by atoms with van der Waals surface area (Å²) >= 11 is 6.36. The molecule has 3 N–H and O–H groups in total. The number of guanidine groups is 1. The Hall–Kier alpha value is -3.08. The van der Waals surface area contributed by atoms with Gasteiger partial charge >= 0.3 is 0 Å². The number of rotatable bonds is 4. The maximum absolute atomic E-state index is 15.7. The first-order chi connectivity index (χ1) is 16.5. The number of allylic oxidation sites excluding steroid dienone is 2. The Morgan fingerprint density at radius 3 is 2.49 bits per heavy atom. The summed E-state index contributed by atoms with van der Waals surface area (Å²) in [5, 5.41) is 6.81. The van der Waals surface area contributed by atoms with Crippen LogP contribution in [0.4, 0.5) is 13.2 Å². The third-order valence-electron chi connectivity index (χ3n) is 5.63. The average molecular weight is 512 g/mol. The molecule has 0 spiro atoms. The fourth-order valence-corrected chi connectivity index (χ4v) is 4.02. The Morgan fingerprint density at radius 1 is 1.29 bits per heavy atom. The van der Waals surface area contributed by atoms with Crippen LogP contribution < -0.4 is 11.1 Å². The number of aliphatic imine (C=N–C) groups is 1. The second-order valence-electron chi connectivity index (χ2n) is 8.10. The SMILES string of the molecule is CC.Cc1nc(-c2cnc(C3(F)CCN(/C(N)=N/C4=CC=C(C(C)(F)F)CN4)CC3)c(Cl)c2)no1. The van der Waals surface area contributed by atoms with Crippen LogP contribution in [0.25, 0.3) is 11.4 Å². The zero-order chi connectivity index (χ0) is 25.8. The molecule has 1 saturated heterocycles. The lowest BCUT2D eigenvalue weighted by Gasteiger charge is -2.37. The number of hydrogen-bond donors (Lipinski definition) is 2. The van der Waals surface area contributed by atoms with Gasteiger partial charge in [-0.15, -0.1) is 0 Å². The molecule has 0 saturated carbocycles. The van der Waals surface area contributed by atoms with Crippen molar-refractivity contribution in [3.63, 3.8) is 0 Å². The third kappa shape index (κ3) is 6.14. The molecule has 0 bridgehead atoms. The molecule has 4 rings (SSSR count). The Morgan fingerprint density at radius 2 is 1.97 bits per heavy atom. The van der Waals surface area contributed by atoms with Crippen LogP contribution in [0.3, 0.4) is 0 Å². The standard InChI is InChI=1S/C21H23ClF3N7O.C2H6/c1-12-29-18(31-33-12)13-9-15(22)17(28-10-13)21(25)5-7-32(8-6-21)19(26)30-16-4-3-14(11-27-16)20(2,23)24;1-2/h3-4,9-10,27H,5-8,11H2,1-2H3,(H2,26,30);1-2H3. The lowest BCUT2D eigenvalue weighted by molar-refractivity contribution is 0.0609. The van der Waals surface area contributed by atoms with Gasteiger partial charge < -0.3 is 20.5 Å². The first-order valence-electron chi connectivity index (χ1n) is 11.3. The smallest absolute Gasteiger partial charge is 0.268 e. The van der Waals surface area contributed by atoms with E-state index < -0.39 is 11.6 Å². The van der Waals surface area contributed by atoms with E-state index >= 15 is 4.39 Å². The van der Waals surface area contributed by atoms with Crippen molar-refractivity contribution in [2.24, 2.45) is 10.7 Å².